The van der Waals surface area contributed by atoms with E-state index in [1.54, 1.807) is 7.11 Å². The summed E-state index contributed by atoms with van der Waals surface area (Å²) in [4.78, 5) is 9.98. The molecule has 0 saturated carbocycles. The summed E-state index contributed by atoms with van der Waals surface area (Å²) in [6.07, 6.45) is 2.65. The molecule has 0 heterocycles. The van der Waals surface area contributed by atoms with Crippen LogP contribution >= 0.6 is 0 Å². The molecule has 0 bridgehead atoms. The van der Waals surface area contributed by atoms with E-state index in [0.717, 1.165) is 24.6 Å². The smallest absolute Gasteiger partial charge is 0.305 e. The van der Waals surface area contributed by atoms with Crippen molar-refractivity contribution in [2.45, 2.75) is 13.3 Å². The minimum atomic E-state index is -0.816. The number of hydrogen-bond donors (Lipinski definition) is 1. The fourth-order valence-electron chi connectivity index (χ4n) is 1.70. The maximum Gasteiger partial charge on any atom is 0.305 e. The average Bonchev–Trinajstić information content (AvgIpc) is 2.43. The SMILES string of the molecule is CC/C(=C/c1ccc(F)c([N+](=O)[O-])c1)CNCCOC. The zero-order valence-corrected chi connectivity index (χ0v) is 11.7. The molecular weight excluding hydrogens is 263 g/mol. The summed E-state index contributed by atoms with van der Waals surface area (Å²) in [6, 6.07) is 3.91. The van der Waals surface area contributed by atoms with Crippen LogP contribution in [0.25, 0.3) is 6.08 Å². The summed E-state index contributed by atoms with van der Waals surface area (Å²) in [5, 5.41) is 13.9. The zero-order chi connectivity index (χ0) is 15.0. The molecule has 0 radical (unpaired) electrons. The predicted octanol–water partition coefficient (Wildman–Crippen LogP) is 2.76. The number of rotatable bonds is 8. The number of nitrogens with zero attached hydrogens (tertiary/aromatic N) is 1. The monoisotopic (exact) mass is 282 g/mol. The van der Waals surface area contributed by atoms with Crippen LogP contribution in [-0.4, -0.2) is 31.7 Å². The van der Waals surface area contributed by atoms with Crippen LogP contribution in [-0.2, 0) is 4.74 Å². The molecule has 0 aliphatic heterocycles. The summed E-state index contributed by atoms with van der Waals surface area (Å²) in [7, 11) is 1.63. The van der Waals surface area contributed by atoms with Gasteiger partial charge in [-0.25, -0.2) is 0 Å². The first-order valence-corrected chi connectivity index (χ1v) is 6.41. The normalized spacial score (nSPS) is 11.7. The second kappa shape index (κ2) is 8.39. The van der Waals surface area contributed by atoms with Crippen molar-refractivity contribution >= 4 is 11.8 Å². The molecule has 1 aromatic rings. The second-order valence-electron chi connectivity index (χ2n) is 4.29. The van der Waals surface area contributed by atoms with Crippen LogP contribution in [0.2, 0.25) is 0 Å². The van der Waals surface area contributed by atoms with Crippen molar-refractivity contribution in [2.24, 2.45) is 0 Å². The quantitative estimate of drug-likeness (QED) is 0.452. The van der Waals surface area contributed by atoms with Crippen LogP contribution in [0.15, 0.2) is 23.8 Å². The minimum absolute atomic E-state index is 0.499. The molecule has 20 heavy (non-hydrogen) atoms. The van der Waals surface area contributed by atoms with Crippen molar-refractivity contribution in [3.63, 3.8) is 0 Å². The van der Waals surface area contributed by atoms with Gasteiger partial charge in [-0.3, -0.25) is 10.1 Å². The number of halogens is 1. The summed E-state index contributed by atoms with van der Waals surface area (Å²) < 4.78 is 18.2. The number of ether oxygens (including phenoxy) is 1. The van der Waals surface area contributed by atoms with Gasteiger partial charge in [-0.05, 0) is 18.1 Å². The van der Waals surface area contributed by atoms with Gasteiger partial charge in [0.2, 0.25) is 5.82 Å². The molecule has 5 nitrogen and oxygen atoms in total. The van der Waals surface area contributed by atoms with Gasteiger partial charge in [0.25, 0.3) is 0 Å². The molecule has 0 atom stereocenters. The van der Waals surface area contributed by atoms with E-state index in [1.807, 2.05) is 13.0 Å². The van der Waals surface area contributed by atoms with E-state index in [-0.39, 0.29) is 0 Å². The number of benzene rings is 1. The van der Waals surface area contributed by atoms with Crippen molar-refractivity contribution in [1.29, 1.82) is 0 Å². The highest BCUT2D eigenvalue weighted by atomic mass is 19.1. The van der Waals surface area contributed by atoms with Gasteiger partial charge in [-0.1, -0.05) is 24.6 Å². The Bertz CT molecular complexity index is 489. The summed E-state index contributed by atoms with van der Waals surface area (Å²) in [5.41, 5.74) is 1.21. The zero-order valence-electron chi connectivity index (χ0n) is 11.7. The lowest BCUT2D eigenvalue weighted by Crippen LogP contribution is -2.21. The summed E-state index contributed by atoms with van der Waals surface area (Å²) in [5.74, 6) is -0.816. The van der Waals surface area contributed by atoms with Crippen LogP contribution in [0, 0.1) is 15.9 Å². The topological polar surface area (TPSA) is 64.4 Å². The number of nitro benzene ring substituents is 1. The van der Waals surface area contributed by atoms with Gasteiger partial charge in [0, 0.05) is 26.3 Å². The van der Waals surface area contributed by atoms with Crippen molar-refractivity contribution in [3.05, 3.63) is 45.3 Å². The number of hydrogen-bond acceptors (Lipinski definition) is 4. The van der Waals surface area contributed by atoms with Crippen molar-refractivity contribution in [1.82, 2.24) is 5.32 Å². The lowest BCUT2D eigenvalue weighted by Gasteiger charge is -2.07. The second-order valence-corrected chi connectivity index (χ2v) is 4.29. The Morgan fingerprint density at radius 3 is 2.90 bits per heavy atom. The van der Waals surface area contributed by atoms with E-state index < -0.39 is 16.4 Å². The van der Waals surface area contributed by atoms with E-state index in [9.17, 15) is 14.5 Å². The maximum absolute atomic E-state index is 13.2. The Labute approximate surface area is 117 Å². The van der Waals surface area contributed by atoms with Crippen LogP contribution in [0.1, 0.15) is 18.9 Å². The molecule has 0 aliphatic carbocycles. The van der Waals surface area contributed by atoms with Crippen molar-refractivity contribution < 1.29 is 14.1 Å². The molecule has 1 rings (SSSR count). The van der Waals surface area contributed by atoms with Crippen LogP contribution < -0.4 is 5.32 Å². The molecule has 0 aromatic heterocycles. The average molecular weight is 282 g/mol. The molecular formula is C14H19FN2O3. The Hall–Kier alpha value is -1.79. The molecule has 110 valence electrons. The van der Waals surface area contributed by atoms with Crippen molar-refractivity contribution in [3.8, 4) is 0 Å². The Morgan fingerprint density at radius 1 is 1.55 bits per heavy atom. The Balaban J connectivity index is 2.79. The molecule has 0 unspecified atom stereocenters. The fraction of sp³-hybridized carbons (Fsp3) is 0.429. The highest BCUT2D eigenvalue weighted by molar-refractivity contribution is 5.56. The molecule has 0 saturated heterocycles. The van der Waals surface area contributed by atoms with Crippen molar-refractivity contribution in [2.75, 3.05) is 26.8 Å². The molecule has 0 aliphatic rings. The van der Waals surface area contributed by atoms with Crippen LogP contribution in [0.3, 0.4) is 0 Å². The van der Waals surface area contributed by atoms with E-state index in [1.165, 1.54) is 12.1 Å². The molecule has 0 spiro atoms. The third kappa shape index (κ3) is 5.07. The largest absolute Gasteiger partial charge is 0.383 e. The molecule has 6 heteroatoms. The van der Waals surface area contributed by atoms with E-state index in [0.29, 0.717) is 18.7 Å². The summed E-state index contributed by atoms with van der Waals surface area (Å²) >= 11 is 0. The lowest BCUT2D eigenvalue weighted by molar-refractivity contribution is -0.387. The third-order valence-corrected chi connectivity index (χ3v) is 2.83. The first kappa shape index (κ1) is 16.3. The first-order chi connectivity index (χ1) is 9.58. The van der Waals surface area contributed by atoms with Crippen LogP contribution in [0.4, 0.5) is 10.1 Å². The number of methoxy groups -OCH3 is 1. The van der Waals surface area contributed by atoms with Gasteiger partial charge < -0.3 is 10.1 Å². The van der Waals surface area contributed by atoms with Gasteiger partial charge >= 0.3 is 5.69 Å². The predicted molar refractivity (Wildman–Crippen MR) is 76.1 cm³/mol. The van der Waals surface area contributed by atoms with Gasteiger partial charge in [0.1, 0.15) is 0 Å². The minimum Gasteiger partial charge on any atom is -0.383 e. The van der Waals surface area contributed by atoms with Gasteiger partial charge in [0.05, 0.1) is 11.5 Å². The van der Waals surface area contributed by atoms with Crippen LogP contribution in [0.5, 0.6) is 0 Å². The van der Waals surface area contributed by atoms with E-state index in [4.69, 9.17) is 4.74 Å². The van der Waals surface area contributed by atoms with Gasteiger partial charge in [-0.2, -0.15) is 4.39 Å². The highest BCUT2D eigenvalue weighted by Gasteiger charge is 2.13. The van der Waals surface area contributed by atoms with E-state index in [2.05, 4.69) is 5.32 Å². The van der Waals surface area contributed by atoms with Gasteiger partial charge in [-0.15, -0.1) is 0 Å². The van der Waals surface area contributed by atoms with Gasteiger partial charge in [0.15, 0.2) is 0 Å². The first-order valence-electron chi connectivity index (χ1n) is 6.41. The standard InChI is InChI=1S/C14H19FN2O3/c1-3-11(10-16-6-7-20-2)8-12-4-5-13(15)14(9-12)17(18)19/h4-5,8-9,16H,3,6-7,10H2,1-2H3/b11-8-. The fourth-order valence-corrected chi connectivity index (χ4v) is 1.70. The molecule has 1 aromatic carbocycles. The summed E-state index contributed by atoms with van der Waals surface area (Å²) in [6.45, 7) is 4.03. The molecule has 0 amide bonds. The Kier molecular flexibility index (Phi) is 6.83. The molecule has 1 N–H and O–H groups in total. The Morgan fingerprint density at radius 2 is 2.30 bits per heavy atom. The molecule has 0 fully saturated rings. The maximum atomic E-state index is 13.2. The van der Waals surface area contributed by atoms with E-state index >= 15 is 0 Å². The highest BCUT2D eigenvalue weighted by Crippen LogP contribution is 2.20. The third-order valence-electron chi connectivity index (χ3n) is 2.83. The number of nitro groups is 1. The number of nitrogens with one attached hydrogen (secondary N) is 1. The lowest BCUT2D eigenvalue weighted by atomic mass is 10.1.